The minimum atomic E-state index is -2.25. The van der Waals surface area contributed by atoms with Crippen molar-refractivity contribution in [2.45, 2.75) is 6.92 Å². The molecule has 0 bridgehead atoms. The van der Waals surface area contributed by atoms with Crippen LogP contribution in [-0.2, 0) is 0 Å². The normalized spacial score (nSPS) is 10.8. The van der Waals surface area contributed by atoms with Gasteiger partial charge in [-0.15, -0.1) is 0 Å². The standard InChI is InChI=1S/C12H5F5O2/c1-4(18)5-2-3-6(19-5)7-8(13)10(15)12(17)11(16)9(7)14/h2-3H,1H3. The van der Waals surface area contributed by atoms with Crippen molar-refractivity contribution >= 4 is 5.78 Å². The van der Waals surface area contributed by atoms with E-state index in [9.17, 15) is 26.7 Å². The highest BCUT2D eigenvalue weighted by atomic mass is 19.2. The molecule has 0 aliphatic carbocycles. The summed E-state index contributed by atoms with van der Waals surface area (Å²) in [5, 5.41) is 0. The van der Waals surface area contributed by atoms with Gasteiger partial charge in [0.05, 0.1) is 5.56 Å². The van der Waals surface area contributed by atoms with Crippen LogP contribution in [0.5, 0.6) is 0 Å². The van der Waals surface area contributed by atoms with Crippen LogP contribution in [0.4, 0.5) is 22.0 Å². The van der Waals surface area contributed by atoms with Gasteiger partial charge in [-0.3, -0.25) is 4.79 Å². The first-order chi connectivity index (χ1) is 8.84. The SMILES string of the molecule is CC(=O)c1ccc(-c2c(F)c(F)c(F)c(F)c2F)o1. The summed E-state index contributed by atoms with van der Waals surface area (Å²) in [4.78, 5) is 11.0. The number of benzene rings is 1. The number of carbonyl (C=O) groups is 1. The van der Waals surface area contributed by atoms with Crippen LogP contribution in [0.1, 0.15) is 17.5 Å². The minimum absolute atomic E-state index is 0.251. The van der Waals surface area contributed by atoms with Gasteiger partial charge in [-0.2, -0.15) is 0 Å². The molecule has 0 fully saturated rings. The van der Waals surface area contributed by atoms with Gasteiger partial charge in [0.15, 0.2) is 34.8 Å². The van der Waals surface area contributed by atoms with E-state index in [0.29, 0.717) is 0 Å². The third-order valence-electron chi connectivity index (χ3n) is 2.41. The van der Waals surface area contributed by atoms with Crippen LogP contribution in [0.3, 0.4) is 0 Å². The third kappa shape index (κ3) is 2.00. The summed E-state index contributed by atoms with van der Waals surface area (Å²) in [5.41, 5.74) is -1.20. The lowest BCUT2D eigenvalue weighted by Crippen LogP contribution is -2.03. The van der Waals surface area contributed by atoms with E-state index in [-0.39, 0.29) is 5.76 Å². The average Bonchev–Trinajstić information content (AvgIpc) is 2.84. The number of rotatable bonds is 2. The van der Waals surface area contributed by atoms with Gasteiger partial charge >= 0.3 is 0 Å². The lowest BCUT2D eigenvalue weighted by molar-refractivity contribution is 0.0988. The quantitative estimate of drug-likeness (QED) is 0.361. The van der Waals surface area contributed by atoms with E-state index in [1.54, 1.807) is 0 Å². The zero-order valence-corrected chi connectivity index (χ0v) is 9.36. The molecule has 2 aromatic rings. The maximum absolute atomic E-state index is 13.4. The molecule has 0 radical (unpaired) electrons. The van der Waals surface area contributed by atoms with Crippen LogP contribution in [-0.4, -0.2) is 5.78 Å². The molecule has 19 heavy (non-hydrogen) atoms. The predicted octanol–water partition coefficient (Wildman–Crippen LogP) is 3.84. The van der Waals surface area contributed by atoms with Crippen molar-refractivity contribution < 1.29 is 31.2 Å². The number of hydrogen-bond donors (Lipinski definition) is 0. The molecular weight excluding hydrogens is 271 g/mol. The first-order valence-corrected chi connectivity index (χ1v) is 4.97. The molecule has 0 saturated carbocycles. The maximum atomic E-state index is 13.4. The number of Topliss-reactive ketones (excluding diaryl/α,β-unsaturated/α-hetero) is 1. The van der Waals surface area contributed by atoms with Crippen LogP contribution in [0.25, 0.3) is 11.3 Å². The summed E-state index contributed by atoms with van der Waals surface area (Å²) in [6.07, 6.45) is 0. The van der Waals surface area contributed by atoms with E-state index in [1.165, 1.54) is 0 Å². The summed E-state index contributed by atoms with van der Waals surface area (Å²) < 4.78 is 70.4. The second kappa shape index (κ2) is 4.49. The Balaban J connectivity index is 2.71. The molecule has 0 saturated heterocycles. The van der Waals surface area contributed by atoms with Crippen molar-refractivity contribution in [1.82, 2.24) is 0 Å². The van der Waals surface area contributed by atoms with Gasteiger partial charge in [-0.25, -0.2) is 22.0 Å². The van der Waals surface area contributed by atoms with Crippen molar-refractivity contribution in [2.75, 3.05) is 0 Å². The fourth-order valence-corrected chi connectivity index (χ4v) is 1.48. The Morgan fingerprint density at radius 2 is 1.37 bits per heavy atom. The number of furan rings is 1. The molecule has 0 atom stereocenters. The summed E-state index contributed by atoms with van der Waals surface area (Å²) in [7, 11) is 0. The molecule has 100 valence electrons. The van der Waals surface area contributed by atoms with Gasteiger partial charge < -0.3 is 4.42 Å². The van der Waals surface area contributed by atoms with Gasteiger partial charge in [-0.1, -0.05) is 0 Å². The fourth-order valence-electron chi connectivity index (χ4n) is 1.48. The lowest BCUT2D eigenvalue weighted by atomic mass is 10.1. The van der Waals surface area contributed by atoms with Crippen LogP contribution in [0.15, 0.2) is 16.5 Å². The second-order valence-corrected chi connectivity index (χ2v) is 3.66. The first kappa shape index (κ1) is 13.3. The van der Waals surface area contributed by atoms with E-state index in [4.69, 9.17) is 4.42 Å². The molecule has 0 spiro atoms. The minimum Gasteiger partial charge on any atom is -0.453 e. The van der Waals surface area contributed by atoms with E-state index in [0.717, 1.165) is 19.1 Å². The molecule has 0 unspecified atom stereocenters. The maximum Gasteiger partial charge on any atom is 0.200 e. The summed E-state index contributed by atoms with van der Waals surface area (Å²) in [6, 6.07) is 2.03. The molecule has 1 heterocycles. The second-order valence-electron chi connectivity index (χ2n) is 3.66. The van der Waals surface area contributed by atoms with Crippen molar-refractivity contribution in [3.05, 3.63) is 47.0 Å². The topological polar surface area (TPSA) is 30.2 Å². The largest absolute Gasteiger partial charge is 0.453 e. The first-order valence-electron chi connectivity index (χ1n) is 4.97. The van der Waals surface area contributed by atoms with Gasteiger partial charge in [0.1, 0.15) is 5.76 Å². The average molecular weight is 276 g/mol. The highest BCUT2D eigenvalue weighted by Gasteiger charge is 2.28. The molecule has 1 aromatic heterocycles. The van der Waals surface area contributed by atoms with Crippen molar-refractivity contribution in [3.8, 4) is 11.3 Å². The Kier molecular flexibility index (Phi) is 3.13. The van der Waals surface area contributed by atoms with Gasteiger partial charge in [-0.05, 0) is 12.1 Å². The van der Waals surface area contributed by atoms with Crippen LogP contribution in [0.2, 0.25) is 0 Å². The monoisotopic (exact) mass is 276 g/mol. The fraction of sp³-hybridized carbons (Fsp3) is 0.0833. The summed E-state index contributed by atoms with van der Waals surface area (Å²) in [6.45, 7) is 1.13. The third-order valence-corrected chi connectivity index (χ3v) is 2.41. The smallest absolute Gasteiger partial charge is 0.200 e. The van der Waals surface area contributed by atoms with E-state index in [2.05, 4.69) is 0 Å². The Morgan fingerprint density at radius 1 is 0.895 bits per heavy atom. The molecule has 0 amide bonds. The molecule has 1 aromatic carbocycles. The van der Waals surface area contributed by atoms with Gasteiger partial charge in [0.2, 0.25) is 5.82 Å². The highest BCUT2D eigenvalue weighted by molar-refractivity contribution is 5.91. The molecule has 7 heteroatoms. The summed E-state index contributed by atoms with van der Waals surface area (Å²) >= 11 is 0. The Bertz CT molecular complexity index is 646. The van der Waals surface area contributed by atoms with E-state index >= 15 is 0 Å². The van der Waals surface area contributed by atoms with Crippen molar-refractivity contribution in [1.29, 1.82) is 0 Å². The zero-order valence-electron chi connectivity index (χ0n) is 9.36. The van der Waals surface area contributed by atoms with Crippen LogP contribution >= 0.6 is 0 Å². The molecule has 0 aliphatic heterocycles. The van der Waals surface area contributed by atoms with E-state index in [1.807, 2.05) is 0 Å². The summed E-state index contributed by atoms with van der Waals surface area (Å²) in [5.74, 6) is -11.8. The number of hydrogen-bond acceptors (Lipinski definition) is 2. The molecule has 0 aliphatic rings. The molecule has 0 N–H and O–H groups in total. The molecule has 2 nitrogen and oxygen atoms in total. The Hall–Kier alpha value is -2.18. The predicted molar refractivity (Wildman–Crippen MR) is 53.9 cm³/mol. The zero-order chi connectivity index (χ0) is 14.3. The number of ketones is 1. The van der Waals surface area contributed by atoms with E-state index < -0.39 is 46.2 Å². The number of carbonyl (C=O) groups excluding carboxylic acids is 1. The number of halogens is 5. The molecule has 2 rings (SSSR count). The molecular formula is C12H5F5O2. The van der Waals surface area contributed by atoms with Crippen LogP contribution in [0, 0.1) is 29.1 Å². The Labute approximate surface area is 103 Å². The van der Waals surface area contributed by atoms with Crippen LogP contribution < -0.4 is 0 Å². The Morgan fingerprint density at radius 3 is 1.79 bits per heavy atom. The van der Waals surface area contributed by atoms with Crippen molar-refractivity contribution in [3.63, 3.8) is 0 Å². The highest BCUT2D eigenvalue weighted by Crippen LogP contribution is 2.32. The lowest BCUT2D eigenvalue weighted by Gasteiger charge is -2.05. The van der Waals surface area contributed by atoms with Gasteiger partial charge in [0.25, 0.3) is 0 Å². The van der Waals surface area contributed by atoms with Gasteiger partial charge in [0, 0.05) is 6.92 Å². The van der Waals surface area contributed by atoms with Crippen molar-refractivity contribution in [2.24, 2.45) is 0 Å².